The van der Waals surface area contributed by atoms with Gasteiger partial charge in [0.2, 0.25) is 0 Å². The van der Waals surface area contributed by atoms with Gasteiger partial charge in [0.1, 0.15) is 11.6 Å². The monoisotopic (exact) mass is 270 g/mol. The molecule has 0 bridgehead atoms. The molecule has 0 unspecified atom stereocenters. The molecule has 2 aromatic rings. The average molecular weight is 270 g/mol. The summed E-state index contributed by atoms with van der Waals surface area (Å²) in [5, 5.41) is 2.69. The topological polar surface area (TPSA) is 51.2 Å². The second kappa shape index (κ2) is 6.19. The summed E-state index contributed by atoms with van der Waals surface area (Å²) in [6.45, 7) is 5.97. The number of hydrogen-bond donors (Lipinski definition) is 1. The molecule has 20 heavy (non-hydrogen) atoms. The van der Waals surface area contributed by atoms with Crippen LogP contribution in [0.1, 0.15) is 16.7 Å². The van der Waals surface area contributed by atoms with Crippen LogP contribution < -0.4 is 10.1 Å². The fourth-order valence-electron chi connectivity index (χ4n) is 1.67. The summed E-state index contributed by atoms with van der Waals surface area (Å²) in [6.07, 6.45) is 1.71. The minimum Gasteiger partial charge on any atom is -0.484 e. The third-order valence-electron chi connectivity index (χ3n) is 3.03. The van der Waals surface area contributed by atoms with Crippen molar-refractivity contribution in [1.82, 2.24) is 4.98 Å². The SMILES string of the molecule is Cc1ccc(NC(=O)COc2ccc(C)c(C)c2)nc1. The lowest BCUT2D eigenvalue weighted by Crippen LogP contribution is -2.20. The second-order valence-electron chi connectivity index (χ2n) is 4.80. The Labute approximate surface area is 118 Å². The lowest BCUT2D eigenvalue weighted by molar-refractivity contribution is -0.118. The Kier molecular flexibility index (Phi) is 4.35. The van der Waals surface area contributed by atoms with Gasteiger partial charge in [-0.25, -0.2) is 4.98 Å². The highest BCUT2D eigenvalue weighted by molar-refractivity contribution is 5.90. The van der Waals surface area contributed by atoms with E-state index < -0.39 is 0 Å². The molecular weight excluding hydrogens is 252 g/mol. The van der Waals surface area contributed by atoms with Crippen LogP contribution in [0.5, 0.6) is 5.75 Å². The number of rotatable bonds is 4. The van der Waals surface area contributed by atoms with Crippen molar-refractivity contribution in [2.75, 3.05) is 11.9 Å². The van der Waals surface area contributed by atoms with Crippen molar-refractivity contribution < 1.29 is 9.53 Å². The highest BCUT2D eigenvalue weighted by Crippen LogP contribution is 2.16. The van der Waals surface area contributed by atoms with E-state index in [2.05, 4.69) is 10.3 Å². The lowest BCUT2D eigenvalue weighted by atomic mass is 10.1. The molecule has 4 nitrogen and oxygen atoms in total. The molecule has 0 saturated heterocycles. The van der Waals surface area contributed by atoms with E-state index in [0.717, 1.165) is 11.1 Å². The number of carbonyl (C=O) groups is 1. The maximum Gasteiger partial charge on any atom is 0.263 e. The van der Waals surface area contributed by atoms with Crippen molar-refractivity contribution in [3.05, 3.63) is 53.2 Å². The molecule has 1 aromatic carbocycles. The van der Waals surface area contributed by atoms with Crippen molar-refractivity contribution in [1.29, 1.82) is 0 Å². The largest absolute Gasteiger partial charge is 0.484 e. The fraction of sp³-hybridized carbons (Fsp3) is 0.250. The van der Waals surface area contributed by atoms with E-state index in [1.807, 2.05) is 45.0 Å². The third-order valence-corrected chi connectivity index (χ3v) is 3.03. The number of nitrogens with one attached hydrogen (secondary N) is 1. The van der Waals surface area contributed by atoms with Gasteiger partial charge in [0.15, 0.2) is 6.61 Å². The maximum atomic E-state index is 11.7. The molecule has 2 rings (SSSR count). The minimum absolute atomic E-state index is 0.0297. The van der Waals surface area contributed by atoms with Crippen LogP contribution in [-0.4, -0.2) is 17.5 Å². The number of ether oxygens (including phenoxy) is 1. The number of anilines is 1. The van der Waals surface area contributed by atoms with E-state index in [9.17, 15) is 4.79 Å². The van der Waals surface area contributed by atoms with Gasteiger partial charge in [-0.15, -0.1) is 0 Å². The molecular formula is C16H18N2O2. The van der Waals surface area contributed by atoms with Crippen LogP contribution in [-0.2, 0) is 4.79 Å². The van der Waals surface area contributed by atoms with Gasteiger partial charge in [0, 0.05) is 6.20 Å². The van der Waals surface area contributed by atoms with Crippen LogP contribution >= 0.6 is 0 Å². The molecule has 0 spiro atoms. The molecule has 0 fully saturated rings. The first kappa shape index (κ1) is 14.1. The quantitative estimate of drug-likeness (QED) is 0.929. The van der Waals surface area contributed by atoms with Gasteiger partial charge in [-0.1, -0.05) is 12.1 Å². The summed E-state index contributed by atoms with van der Waals surface area (Å²) in [4.78, 5) is 15.9. The number of aromatic nitrogens is 1. The highest BCUT2D eigenvalue weighted by Gasteiger charge is 2.05. The first-order valence-corrected chi connectivity index (χ1v) is 6.47. The standard InChI is InChI=1S/C16H18N2O2/c1-11-4-7-15(17-9-11)18-16(19)10-20-14-6-5-12(2)13(3)8-14/h4-9H,10H2,1-3H3,(H,17,18,19). The molecule has 1 N–H and O–H groups in total. The number of nitrogens with zero attached hydrogens (tertiary/aromatic N) is 1. The van der Waals surface area contributed by atoms with Crippen molar-refractivity contribution in [3.63, 3.8) is 0 Å². The fourth-order valence-corrected chi connectivity index (χ4v) is 1.67. The Morgan fingerprint density at radius 2 is 1.95 bits per heavy atom. The first-order chi connectivity index (χ1) is 9.54. The van der Waals surface area contributed by atoms with E-state index >= 15 is 0 Å². The molecule has 0 aliphatic heterocycles. The Morgan fingerprint density at radius 1 is 1.15 bits per heavy atom. The zero-order chi connectivity index (χ0) is 14.5. The molecule has 1 aromatic heterocycles. The molecule has 0 saturated carbocycles. The van der Waals surface area contributed by atoms with E-state index in [0.29, 0.717) is 11.6 Å². The van der Waals surface area contributed by atoms with Crippen LogP contribution in [0, 0.1) is 20.8 Å². The molecule has 1 heterocycles. The number of amides is 1. The van der Waals surface area contributed by atoms with Crippen molar-refractivity contribution in [2.24, 2.45) is 0 Å². The smallest absolute Gasteiger partial charge is 0.263 e. The van der Waals surface area contributed by atoms with Crippen molar-refractivity contribution >= 4 is 11.7 Å². The molecule has 0 aliphatic rings. The highest BCUT2D eigenvalue weighted by atomic mass is 16.5. The first-order valence-electron chi connectivity index (χ1n) is 6.47. The zero-order valence-corrected chi connectivity index (χ0v) is 11.9. The average Bonchev–Trinajstić information content (AvgIpc) is 2.43. The number of pyridine rings is 1. The van der Waals surface area contributed by atoms with Crippen molar-refractivity contribution in [3.8, 4) is 5.75 Å². The van der Waals surface area contributed by atoms with E-state index in [-0.39, 0.29) is 12.5 Å². The van der Waals surface area contributed by atoms with Gasteiger partial charge >= 0.3 is 0 Å². The molecule has 1 amide bonds. The molecule has 0 atom stereocenters. The van der Waals surface area contributed by atoms with E-state index in [1.165, 1.54) is 5.56 Å². The van der Waals surface area contributed by atoms with Gasteiger partial charge < -0.3 is 10.1 Å². The van der Waals surface area contributed by atoms with Gasteiger partial charge in [0.25, 0.3) is 5.91 Å². The van der Waals surface area contributed by atoms with Gasteiger partial charge in [-0.3, -0.25) is 4.79 Å². The summed E-state index contributed by atoms with van der Waals surface area (Å²) < 4.78 is 5.46. The van der Waals surface area contributed by atoms with Crippen LogP contribution in [0.2, 0.25) is 0 Å². The Bertz CT molecular complexity index is 606. The lowest BCUT2D eigenvalue weighted by Gasteiger charge is -2.08. The Morgan fingerprint density at radius 3 is 2.60 bits per heavy atom. The molecule has 0 aliphatic carbocycles. The summed E-state index contributed by atoms with van der Waals surface area (Å²) in [5.74, 6) is 1.00. The number of carbonyl (C=O) groups excluding carboxylic acids is 1. The van der Waals surface area contributed by atoms with Gasteiger partial charge in [0.05, 0.1) is 0 Å². The second-order valence-corrected chi connectivity index (χ2v) is 4.80. The number of hydrogen-bond acceptors (Lipinski definition) is 3. The zero-order valence-electron chi connectivity index (χ0n) is 11.9. The molecule has 0 radical (unpaired) electrons. The van der Waals surface area contributed by atoms with Gasteiger partial charge in [-0.05, 0) is 55.7 Å². The minimum atomic E-state index is -0.223. The summed E-state index contributed by atoms with van der Waals surface area (Å²) >= 11 is 0. The predicted octanol–water partition coefficient (Wildman–Crippen LogP) is 3.02. The Hall–Kier alpha value is -2.36. The number of benzene rings is 1. The normalized spacial score (nSPS) is 10.2. The summed E-state index contributed by atoms with van der Waals surface area (Å²) in [6, 6.07) is 9.42. The number of aryl methyl sites for hydroxylation is 3. The molecule has 104 valence electrons. The van der Waals surface area contributed by atoms with Crippen LogP contribution in [0.4, 0.5) is 5.82 Å². The van der Waals surface area contributed by atoms with Crippen LogP contribution in [0.3, 0.4) is 0 Å². The predicted molar refractivity (Wildman–Crippen MR) is 79.0 cm³/mol. The van der Waals surface area contributed by atoms with Crippen LogP contribution in [0.25, 0.3) is 0 Å². The summed E-state index contributed by atoms with van der Waals surface area (Å²) in [5.41, 5.74) is 3.39. The maximum absolute atomic E-state index is 11.7. The van der Waals surface area contributed by atoms with Gasteiger partial charge in [-0.2, -0.15) is 0 Å². The van der Waals surface area contributed by atoms with E-state index in [1.54, 1.807) is 12.3 Å². The Balaban J connectivity index is 1.88. The van der Waals surface area contributed by atoms with E-state index in [4.69, 9.17) is 4.74 Å². The summed E-state index contributed by atoms with van der Waals surface area (Å²) in [7, 11) is 0. The van der Waals surface area contributed by atoms with Crippen molar-refractivity contribution in [2.45, 2.75) is 20.8 Å². The third kappa shape index (κ3) is 3.82. The van der Waals surface area contributed by atoms with Crippen LogP contribution in [0.15, 0.2) is 36.5 Å². The molecule has 4 heteroatoms.